The highest BCUT2D eigenvalue weighted by Crippen LogP contribution is 2.26. The van der Waals surface area contributed by atoms with E-state index in [1.165, 1.54) is 0 Å². The zero-order valence-corrected chi connectivity index (χ0v) is 14.6. The number of amides is 1. The van der Waals surface area contributed by atoms with Crippen molar-refractivity contribution in [1.82, 2.24) is 30.0 Å². The van der Waals surface area contributed by atoms with E-state index in [1.54, 1.807) is 24.9 Å². The molecule has 3 rings (SSSR count). The lowest BCUT2D eigenvalue weighted by Crippen LogP contribution is -2.37. The first-order valence-corrected chi connectivity index (χ1v) is 8.93. The average molecular weight is 343 g/mol. The summed E-state index contributed by atoms with van der Waals surface area (Å²) < 4.78 is 2.00. The zero-order valence-electron chi connectivity index (χ0n) is 14.6. The highest BCUT2D eigenvalue weighted by Gasteiger charge is 2.26. The molecular formula is C17H25N7O. The quantitative estimate of drug-likeness (QED) is 0.789. The molecule has 2 aromatic heterocycles. The molecule has 8 nitrogen and oxygen atoms in total. The number of hydrogen-bond donors (Lipinski definition) is 2. The van der Waals surface area contributed by atoms with Crippen LogP contribution in [-0.2, 0) is 17.8 Å². The number of nitrogens with zero attached hydrogens (tertiary/aromatic N) is 5. The van der Waals surface area contributed by atoms with Crippen molar-refractivity contribution >= 4 is 11.7 Å². The summed E-state index contributed by atoms with van der Waals surface area (Å²) in [5.74, 6) is 1.97. The summed E-state index contributed by atoms with van der Waals surface area (Å²) in [6.45, 7) is 3.51. The molecule has 0 saturated heterocycles. The minimum absolute atomic E-state index is 0.101. The summed E-state index contributed by atoms with van der Waals surface area (Å²) in [6, 6.07) is 0.365. The minimum Gasteiger partial charge on any atom is -0.366 e. The Kier molecular flexibility index (Phi) is 5.92. The normalized spacial score (nSPS) is 20.2. The molecule has 0 unspecified atom stereocenters. The van der Waals surface area contributed by atoms with Crippen molar-refractivity contribution in [2.24, 2.45) is 5.92 Å². The Balaban J connectivity index is 1.38. The van der Waals surface area contributed by atoms with Gasteiger partial charge in [-0.25, -0.2) is 4.98 Å². The van der Waals surface area contributed by atoms with Crippen LogP contribution in [0.4, 0.5) is 5.82 Å². The van der Waals surface area contributed by atoms with Gasteiger partial charge in [0.2, 0.25) is 5.91 Å². The summed E-state index contributed by atoms with van der Waals surface area (Å²) in [7, 11) is 0. The Morgan fingerprint density at radius 2 is 2.12 bits per heavy atom. The van der Waals surface area contributed by atoms with Gasteiger partial charge in [-0.05, 0) is 32.6 Å². The number of nitrogens with one attached hydrogen (secondary N) is 2. The van der Waals surface area contributed by atoms with Crippen molar-refractivity contribution in [1.29, 1.82) is 0 Å². The first kappa shape index (κ1) is 17.3. The van der Waals surface area contributed by atoms with Gasteiger partial charge in [-0.15, -0.1) is 10.2 Å². The first-order valence-electron chi connectivity index (χ1n) is 8.93. The average Bonchev–Trinajstić information content (AvgIpc) is 3.10. The highest BCUT2D eigenvalue weighted by atomic mass is 16.1. The first-order chi connectivity index (χ1) is 12.3. The standard InChI is InChI=1S/C17H25N7O/c1-2-24-12-21-23-16(24)7-8-20-17(25)13-3-5-14(6-4-13)22-15-11-18-9-10-19-15/h9-14H,2-8H2,1H3,(H,19,22)(H,20,25). The van der Waals surface area contributed by atoms with Crippen LogP contribution in [0.3, 0.4) is 0 Å². The summed E-state index contributed by atoms with van der Waals surface area (Å²) in [4.78, 5) is 20.6. The highest BCUT2D eigenvalue weighted by molar-refractivity contribution is 5.78. The molecule has 0 bridgehead atoms. The van der Waals surface area contributed by atoms with E-state index in [0.29, 0.717) is 19.0 Å². The lowest BCUT2D eigenvalue weighted by Gasteiger charge is -2.28. The van der Waals surface area contributed by atoms with Crippen LogP contribution in [0.25, 0.3) is 0 Å². The van der Waals surface area contributed by atoms with Gasteiger partial charge in [-0.3, -0.25) is 9.78 Å². The topological polar surface area (TPSA) is 97.6 Å². The zero-order chi connectivity index (χ0) is 17.5. The molecule has 0 aromatic carbocycles. The van der Waals surface area contributed by atoms with Gasteiger partial charge in [-0.2, -0.15) is 0 Å². The predicted molar refractivity (Wildman–Crippen MR) is 93.8 cm³/mol. The molecule has 0 radical (unpaired) electrons. The maximum Gasteiger partial charge on any atom is 0.223 e. The monoisotopic (exact) mass is 343 g/mol. The van der Waals surface area contributed by atoms with Crippen molar-refractivity contribution in [3.05, 3.63) is 30.7 Å². The molecule has 8 heteroatoms. The molecule has 2 aromatic rings. The Morgan fingerprint density at radius 1 is 1.28 bits per heavy atom. The van der Waals surface area contributed by atoms with Crippen molar-refractivity contribution in [3.8, 4) is 0 Å². The molecule has 1 saturated carbocycles. The van der Waals surface area contributed by atoms with Crippen LogP contribution >= 0.6 is 0 Å². The van der Waals surface area contributed by atoms with E-state index < -0.39 is 0 Å². The van der Waals surface area contributed by atoms with E-state index in [4.69, 9.17) is 0 Å². The molecular weight excluding hydrogens is 318 g/mol. The third-order valence-electron chi connectivity index (χ3n) is 4.70. The smallest absolute Gasteiger partial charge is 0.223 e. The van der Waals surface area contributed by atoms with Crippen LogP contribution in [0.15, 0.2) is 24.9 Å². The summed E-state index contributed by atoms with van der Waals surface area (Å²) in [5.41, 5.74) is 0. The van der Waals surface area contributed by atoms with Gasteiger partial charge in [0, 0.05) is 43.9 Å². The number of rotatable bonds is 7. The van der Waals surface area contributed by atoms with E-state index in [1.807, 2.05) is 4.57 Å². The van der Waals surface area contributed by atoms with Gasteiger partial charge >= 0.3 is 0 Å². The van der Waals surface area contributed by atoms with E-state index in [2.05, 4.69) is 37.7 Å². The summed E-state index contributed by atoms with van der Waals surface area (Å²) in [5, 5.41) is 14.4. The van der Waals surface area contributed by atoms with Crippen LogP contribution in [0.5, 0.6) is 0 Å². The molecule has 2 N–H and O–H groups in total. The lowest BCUT2D eigenvalue weighted by atomic mass is 9.85. The maximum absolute atomic E-state index is 12.3. The number of carbonyl (C=O) groups is 1. The van der Waals surface area contributed by atoms with Gasteiger partial charge < -0.3 is 15.2 Å². The molecule has 2 heterocycles. The molecule has 1 amide bonds. The van der Waals surface area contributed by atoms with Crippen molar-refractivity contribution in [2.45, 2.75) is 51.6 Å². The van der Waals surface area contributed by atoms with Crippen LogP contribution in [0.1, 0.15) is 38.4 Å². The van der Waals surface area contributed by atoms with E-state index in [9.17, 15) is 4.79 Å². The fourth-order valence-electron chi connectivity index (χ4n) is 3.26. The van der Waals surface area contributed by atoms with Crippen molar-refractivity contribution in [3.63, 3.8) is 0 Å². The third-order valence-corrected chi connectivity index (χ3v) is 4.70. The fraction of sp³-hybridized carbons (Fsp3) is 0.588. The van der Waals surface area contributed by atoms with Gasteiger partial charge in [0.05, 0.1) is 6.20 Å². The summed E-state index contributed by atoms with van der Waals surface area (Å²) >= 11 is 0. The molecule has 25 heavy (non-hydrogen) atoms. The molecule has 0 aliphatic heterocycles. The van der Waals surface area contributed by atoms with Crippen molar-refractivity contribution < 1.29 is 4.79 Å². The lowest BCUT2D eigenvalue weighted by molar-refractivity contribution is -0.125. The summed E-state index contributed by atoms with van der Waals surface area (Å²) in [6.07, 6.45) is 11.2. The van der Waals surface area contributed by atoms with Gasteiger partial charge in [0.1, 0.15) is 18.0 Å². The molecule has 1 fully saturated rings. The van der Waals surface area contributed by atoms with E-state index in [-0.39, 0.29) is 11.8 Å². The number of carbonyl (C=O) groups excluding carboxylic acids is 1. The number of aryl methyl sites for hydroxylation is 1. The Hall–Kier alpha value is -2.51. The minimum atomic E-state index is 0.101. The van der Waals surface area contributed by atoms with Gasteiger partial charge in [-0.1, -0.05) is 0 Å². The van der Waals surface area contributed by atoms with Crippen molar-refractivity contribution in [2.75, 3.05) is 11.9 Å². The second kappa shape index (κ2) is 8.55. The van der Waals surface area contributed by atoms with Crippen LogP contribution in [-0.4, -0.2) is 43.2 Å². The molecule has 0 atom stereocenters. The predicted octanol–water partition coefficient (Wildman–Crippen LogP) is 1.42. The molecule has 134 valence electrons. The van der Waals surface area contributed by atoms with E-state index in [0.717, 1.165) is 43.9 Å². The molecule has 1 aliphatic rings. The molecule has 0 spiro atoms. The second-order valence-corrected chi connectivity index (χ2v) is 6.36. The second-order valence-electron chi connectivity index (χ2n) is 6.36. The van der Waals surface area contributed by atoms with Gasteiger partial charge in [0.15, 0.2) is 0 Å². The third kappa shape index (κ3) is 4.74. The van der Waals surface area contributed by atoms with Crippen LogP contribution < -0.4 is 10.6 Å². The number of hydrogen-bond acceptors (Lipinski definition) is 6. The maximum atomic E-state index is 12.3. The number of anilines is 1. The molecule has 1 aliphatic carbocycles. The largest absolute Gasteiger partial charge is 0.366 e. The number of aromatic nitrogens is 5. The van der Waals surface area contributed by atoms with E-state index >= 15 is 0 Å². The van der Waals surface area contributed by atoms with Crippen LogP contribution in [0.2, 0.25) is 0 Å². The van der Waals surface area contributed by atoms with Crippen LogP contribution in [0, 0.1) is 5.92 Å². The SMILES string of the molecule is CCn1cnnc1CCNC(=O)C1CCC(Nc2cnccn2)CC1. The fourth-order valence-corrected chi connectivity index (χ4v) is 3.26. The Morgan fingerprint density at radius 3 is 2.84 bits per heavy atom. The Bertz CT molecular complexity index is 665. The van der Waals surface area contributed by atoms with Gasteiger partial charge in [0.25, 0.3) is 0 Å². The Labute approximate surface area is 147 Å².